The third kappa shape index (κ3) is 102. The molecule has 0 bridgehead atoms. The third-order valence-electron chi connectivity index (χ3n) is 5.43. The minimum absolute atomic E-state index is 0.0941. The van der Waals surface area contributed by atoms with Crippen LogP contribution in [0.3, 0.4) is 0 Å². The van der Waals surface area contributed by atoms with Gasteiger partial charge in [0.1, 0.15) is 32.4 Å². The van der Waals surface area contributed by atoms with E-state index in [1.807, 2.05) is 87.6 Å². The lowest BCUT2D eigenvalue weighted by Crippen LogP contribution is -2.31. The van der Waals surface area contributed by atoms with E-state index >= 15 is 0 Å². The lowest BCUT2D eigenvalue weighted by atomic mass is 10.2. The van der Waals surface area contributed by atoms with Gasteiger partial charge in [0.05, 0.1) is 66.1 Å². The molecular weight excluding hydrogens is 789 g/mol. The Morgan fingerprint density at radius 3 is 1.31 bits per heavy atom. The summed E-state index contributed by atoms with van der Waals surface area (Å²) in [7, 11) is 1.98. The number of nitrogens with one attached hydrogen (secondary N) is 3. The number of aliphatic imine (C=N–C) groups is 1. The van der Waals surface area contributed by atoms with Crippen LogP contribution in [0.1, 0.15) is 101 Å². The molecule has 0 aliphatic carbocycles. The second kappa shape index (κ2) is 84.0. The summed E-state index contributed by atoms with van der Waals surface area (Å²) in [6.07, 6.45) is 4.93. The Labute approximate surface area is 372 Å². The normalized spacial score (nSPS) is 8.69. The highest BCUT2D eigenvalue weighted by Crippen LogP contribution is 1.92. The number of amides is 2. The van der Waals surface area contributed by atoms with Crippen LogP contribution in [0.4, 0.5) is 0 Å². The zero-order valence-electron chi connectivity index (χ0n) is 40.8. The van der Waals surface area contributed by atoms with E-state index in [0.717, 1.165) is 25.8 Å². The number of nitrogens with zero attached hydrogens (tertiary/aromatic N) is 1. The van der Waals surface area contributed by atoms with Crippen molar-refractivity contribution < 1.29 is 52.7 Å². The van der Waals surface area contributed by atoms with Gasteiger partial charge >= 0.3 is 0 Å². The largest absolute Gasteiger partial charge is 0.387 e. The Kier molecular flexibility index (Phi) is 103. The molecule has 0 saturated heterocycles. The first kappa shape index (κ1) is 74.9. The van der Waals surface area contributed by atoms with Crippen molar-refractivity contribution in [3.8, 4) is 0 Å². The van der Waals surface area contributed by atoms with E-state index in [4.69, 9.17) is 49.8 Å². The highest BCUT2D eigenvalue weighted by atomic mass is 16.6. The maximum atomic E-state index is 11.2. The minimum Gasteiger partial charge on any atom is -0.387 e. The first-order chi connectivity index (χ1) is 29.7. The molecule has 8 N–H and O–H groups in total. The summed E-state index contributed by atoms with van der Waals surface area (Å²) in [5.41, 5.74) is 11.3. The molecule has 0 atom stereocenters. The fourth-order valence-electron chi connectivity index (χ4n) is 2.94. The highest BCUT2D eigenvalue weighted by molar-refractivity contribution is 5.77. The van der Waals surface area contributed by atoms with Crippen LogP contribution >= 0.6 is 0 Å². The Hall–Kier alpha value is -3.55. The van der Waals surface area contributed by atoms with Crippen LogP contribution in [-0.2, 0) is 47.6 Å². The molecular formula is C44H94N6O11. The van der Waals surface area contributed by atoms with Gasteiger partial charge < -0.3 is 70.5 Å². The summed E-state index contributed by atoms with van der Waals surface area (Å²) in [6, 6.07) is 10.3. The zero-order chi connectivity index (χ0) is 48.5. The van der Waals surface area contributed by atoms with Crippen molar-refractivity contribution in [2.24, 2.45) is 16.5 Å². The van der Waals surface area contributed by atoms with Gasteiger partial charge in [-0.1, -0.05) is 112 Å². The number of nitrogens with two attached hydrogens (primary N) is 2. The Morgan fingerprint density at radius 2 is 1.05 bits per heavy atom. The Balaban J connectivity index is -0.000000121. The maximum Gasteiger partial charge on any atom is 0.246 e. The molecule has 0 fully saturated rings. The summed E-state index contributed by atoms with van der Waals surface area (Å²) in [5.74, 6) is -0.541. The van der Waals surface area contributed by atoms with Gasteiger partial charge in [-0.15, -0.1) is 0 Å². The number of hydrogen-bond acceptors (Lipinski definition) is 13. The number of rotatable bonds is 28. The maximum absolute atomic E-state index is 11.2. The number of unbranched alkanes of at least 4 members (excludes halogenated alkanes) is 1. The zero-order valence-corrected chi connectivity index (χ0v) is 40.8. The van der Waals surface area contributed by atoms with Crippen LogP contribution in [0, 0.1) is 6.92 Å². The quantitative estimate of drug-likeness (QED) is 0.0294. The summed E-state index contributed by atoms with van der Waals surface area (Å²) in [4.78, 5) is 44.5. The lowest BCUT2D eigenvalue weighted by Gasteiger charge is -2.08. The predicted octanol–water partition coefficient (Wildman–Crippen LogP) is 4.49. The Bertz CT molecular complexity index is 929. The average Bonchev–Trinajstić information content (AvgIpc) is 3.29. The van der Waals surface area contributed by atoms with E-state index in [2.05, 4.69) is 46.9 Å². The standard InChI is InChI=1S/C18H34N2O10.C7H8.C5H13N.C4H11N3.C2H4O.4C2H6/c21-3-6-30-16-18(24)20-2-5-26-8-10-28-12-14-29-13-11-27-9-7-25-4-1-19-17(23)15-22;1-7-5-3-2-4-6-7;1-3-4-5-6-2;1-2-3-7-4(5)6;1-2-3;4*1-2/h3,22H,1-2,4-16H2,(H,19,23)(H,20,24);2-6H,1H3;6H,3-5H2,1-2H3;2-3H2,1H3,(H4,5,6,7);2H,1H3;4*1-2H3. The molecule has 17 heteroatoms. The molecule has 366 valence electrons. The van der Waals surface area contributed by atoms with Gasteiger partial charge in [0.15, 0.2) is 5.96 Å². The third-order valence-corrected chi connectivity index (χ3v) is 5.43. The topological polar surface area (TPSA) is 244 Å². The van der Waals surface area contributed by atoms with E-state index in [-0.39, 0.29) is 25.1 Å². The molecule has 1 rings (SSSR count). The van der Waals surface area contributed by atoms with E-state index in [9.17, 15) is 14.4 Å². The number of hydrogen-bond donors (Lipinski definition) is 6. The van der Waals surface area contributed by atoms with Crippen molar-refractivity contribution in [1.29, 1.82) is 0 Å². The van der Waals surface area contributed by atoms with E-state index in [0.29, 0.717) is 85.4 Å². The molecule has 1 aromatic carbocycles. The molecule has 0 radical (unpaired) electrons. The van der Waals surface area contributed by atoms with Crippen molar-refractivity contribution in [3.63, 3.8) is 0 Å². The number of carbonyl (C=O) groups excluding carboxylic acids is 4. The number of ether oxygens (including phenoxy) is 6. The fourth-order valence-corrected chi connectivity index (χ4v) is 2.94. The number of aliphatic hydroxyl groups is 1. The van der Waals surface area contributed by atoms with Crippen molar-refractivity contribution in [1.82, 2.24) is 16.0 Å². The number of aldehydes is 2. The van der Waals surface area contributed by atoms with Crippen molar-refractivity contribution in [3.05, 3.63) is 35.9 Å². The summed E-state index contributed by atoms with van der Waals surface area (Å²) >= 11 is 0. The summed E-state index contributed by atoms with van der Waals surface area (Å²) in [6.45, 7) is 29.8. The van der Waals surface area contributed by atoms with Crippen LogP contribution in [0.25, 0.3) is 0 Å². The van der Waals surface area contributed by atoms with E-state index < -0.39 is 12.5 Å². The molecule has 17 nitrogen and oxygen atoms in total. The first-order valence-electron chi connectivity index (χ1n) is 21.9. The second-order valence-electron chi connectivity index (χ2n) is 10.3. The lowest BCUT2D eigenvalue weighted by molar-refractivity contribution is -0.127. The van der Waals surface area contributed by atoms with Gasteiger partial charge in [-0.05, 0) is 40.3 Å². The minimum atomic E-state index is -0.523. The molecule has 0 spiro atoms. The molecule has 0 saturated carbocycles. The molecule has 0 unspecified atom stereocenters. The van der Waals surface area contributed by atoms with Crippen molar-refractivity contribution in [2.45, 2.75) is 102 Å². The van der Waals surface area contributed by atoms with Gasteiger partial charge in [-0.25, -0.2) is 0 Å². The molecule has 0 aliphatic rings. The van der Waals surface area contributed by atoms with Gasteiger partial charge in [0, 0.05) is 19.6 Å². The number of guanidine groups is 1. The highest BCUT2D eigenvalue weighted by Gasteiger charge is 2.00. The van der Waals surface area contributed by atoms with E-state index in [1.165, 1.54) is 25.3 Å². The monoisotopic (exact) mass is 883 g/mol. The molecule has 0 aromatic heterocycles. The van der Waals surface area contributed by atoms with Gasteiger partial charge in [-0.2, -0.15) is 0 Å². The van der Waals surface area contributed by atoms with Crippen LogP contribution in [0.15, 0.2) is 35.3 Å². The predicted molar refractivity (Wildman–Crippen MR) is 252 cm³/mol. The van der Waals surface area contributed by atoms with E-state index in [1.54, 1.807) is 0 Å². The van der Waals surface area contributed by atoms with Crippen LogP contribution in [-0.4, -0.2) is 155 Å². The van der Waals surface area contributed by atoms with Crippen molar-refractivity contribution in [2.75, 3.05) is 119 Å². The second-order valence-corrected chi connectivity index (χ2v) is 10.3. The number of carbonyl (C=O) groups is 4. The van der Waals surface area contributed by atoms with Crippen molar-refractivity contribution >= 4 is 30.3 Å². The molecule has 2 amide bonds. The molecule has 1 aromatic rings. The molecule has 61 heavy (non-hydrogen) atoms. The smallest absolute Gasteiger partial charge is 0.246 e. The van der Waals surface area contributed by atoms with Crippen LogP contribution < -0.4 is 27.4 Å². The number of aliphatic hydroxyl groups excluding tert-OH is 1. The van der Waals surface area contributed by atoms with Crippen LogP contribution in [0.5, 0.6) is 0 Å². The summed E-state index contributed by atoms with van der Waals surface area (Å²) < 4.78 is 31.3. The van der Waals surface area contributed by atoms with Crippen LogP contribution in [0.2, 0.25) is 0 Å². The fraction of sp³-hybridized carbons (Fsp3) is 0.750. The summed E-state index contributed by atoms with van der Waals surface area (Å²) in [5, 5.41) is 16.6. The average molecular weight is 883 g/mol. The van der Waals surface area contributed by atoms with Gasteiger partial charge in [0.25, 0.3) is 0 Å². The Morgan fingerprint density at radius 1 is 0.656 bits per heavy atom. The van der Waals surface area contributed by atoms with Gasteiger partial charge in [-0.3, -0.25) is 14.6 Å². The number of benzene rings is 1. The van der Waals surface area contributed by atoms with Gasteiger partial charge in [0.2, 0.25) is 11.8 Å². The molecule has 0 aliphatic heterocycles. The molecule has 0 heterocycles. The number of aryl methyl sites for hydroxylation is 1. The first-order valence-corrected chi connectivity index (χ1v) is 21.9. The SMILES string of the molecule is CC.CC.CC.CC.CC=O.CCCCNC.CCCN=C(N)N.Cc1ccccc1.O=CCOCC(=O)NCCOCCOCCOCCOCCOCCNC(=O)CO.